The summed E-state index contributed by atoms with van der Waals surface area (Å²) in [6.07, 6.45) is -6.42. The number of aliphatic hydroxyl groups excluding tert-OH is 3. The van der Waals surface area contributed by atoms with Crippen LogP contribution in [0.25, 0.3) is 0 Å². The third-order valence-corrected chi connectivity index (χ3v) is 3.49. The first kappa shape index (κ1) is 18.7. The molecular formula is C12H21NO9. The van der Waals surface area contributed by atoms with Crippen LogP contribution in [-0.4, -0.2) is 87.4 Å². The lowest BCUT2D eigenvalue weighted by atomic mass is 9.88. The summed E-state index contributed by atoms with van der Waals surface area (Å²) < 4.78 is 10.1. The number of methoxy groups -OCH3 is 1. The highest BCUT2D eigenvalue weighted by Gasteiger charge is 2.54. The number of aliphatic hydroxyl groups is 4. The second-order valence-electron chi connectivity index (χ2n) is 5.12. The largest absolute Gasteiger partial charge is 0.477 e. The van der Waals surface area contributed by atoms with Gasteiger partial charge < -0.3 is 40.3 Å². The van der Waals surface area contributed by atoms with Crippen LogP contribution < -0.4 is 5.32 Å². The summed E-state index contributed by atoms with van der Waals surface area (Å²) in [5, 5.41) is 49.9. The van der Waals surface area contributed by atoms with Crippen molar-refractivity contribution in [3.63, 3.8) is 0 Å². The summed E-state index contributed by atoms with van der Waals surface area (Å²) in [4.78, 5) is 22.4. The Hall–Kier alpha value is -1.30. The first-order chi connectivity index (χ1) is 10.2. The first-order valence-electron chi connectivity index (χ1n) is 6.56. The van der Waals surface area contributed by atoms with Crippen LogP contribution in [-0.2, 0) is 19.1 Å². The molecule has 0 radical (unpaired) electrons. The van der Waals surface area contributed by atoms with Crippen molar-refractivity contribution in [2.75, 3.05) is 13.7 Å². The molecule has 0 aromatic heterocycles. The highest BCUT2D eigenvalue weighted by atomic mass is 16.7. The first-order valence-corrected chi connectivity index (χ1v) is 6.56. The van der Waals surface area contributed by atoms with Gasteiger partial charge in [-0.15, -0.1) is 0 Å². The monoisotopic (exact) mass is 323 g/mol. The van der Waals surface area contributed by atoms with Crippen molar-refractivity contribution in [2.45, 2.75) is 49.6 Å². The van der Waals surface area contributed by atoms with Crippen LogP contribution in [0.5, 0.6) is 0 Å². The van der Waals surface area contributed by atoms with E-state index in [1.165, 1.54) is 14.0 Å². The van der Waals surface area contributed by atoms with Crippen LogP contribution >= 0.6 is 0 Å². The minimum atomic E-state index is -2.66. The highest BCUT2D eigenvalue weighted by molar-refractivity contribution is 5.76. The smallest absolute Gasteiger partial charge is 0.364 e. The Balaban J connectivity index is 3.15. The molecule has 0 aliphatic carbocycles. The Morgan fingerprint density at radius 2 is 2.05 bits per heavy atom. The van der Waals surface area contributed by atoms with Gasteiger partial charge in [0.05, 0.1) is 18.8 Å². The quantitative estimate of drug-likeness (QED) is 0.295. The zero-order valence-electron chi connectivity index (χ0n) is 12.2. The van der Waals surface area contributed by atoms with E-state index >= 15 is 0 Å². The molecule has 1 rings (SSSR count). The van der Waals surface area contributed by atoms with Crippen molar-refractivity contribution < 1.29 is 44.6 Å². The maximum absolute atomic E-state index is 11.3. The number of aliphatic carboxylic acids is 1. The van der Waals surface area contributed by atoms with E-state index in [2.05, 4.69) is 5.32 Å². The third-order valence-electron chi connectivity index (χ3n) is 3.49. The Bertz CT molecular complexity index is 417. The Kier molecular flexibility index (Phi) is 6.23. The van der Waals surface area contributed by atoms with E-state index in [1.807, 2.05) is 0 Å². The van der Waals surface area contributed by atoms with Gasteiger partial charge in [-0.05, 0) is 0 Å². The van der Waals surface area contributed by atoms with Crippen molar-refractivity contribution in [2.24, 2.45) is 0 Å². The number of amides is 1. The van der Waals surface area contributed by atoms with Crippen molar-refractivity contribution in [3.8, 4) is 0 Å². The second kappa shape index (κ2) is 7.31. The Labute approximate surface area is 126 Å². The zero-order valence-corrected chi connectivity index (χ0v) is 12.2. The van der Waals surface area contributed by atoms with Crippen molar-refractivity contribution in [1.82, 2.24) is 5.32 Å². The minimum Gasteiger partial charge on any atom is -0.477 e. The van der Waals surface area contributed by atoms with Crippen LogP contribution in [0.1, 0.15) is 13.3 Å². The fraction of sp³-hybridized carbons (Fsp3) is 0.833. The van der Waals surface area contributed by atoms with Gasteiger partial charge in [-0.2, -0.15) is 0 Å². The van der Waals surface area contributed by atoms with Gasteiger partial charge in [0.25, 0.3) is 5.79 Å². The van der Waals surface area contributed by atoms with Gasteiger partial charge >= 0.3 is 5.97 Å². The second-order valence-corrected chi connectivity index (χ2v) is 5.12. The van der Waals surface area contributed by atoms with Crippen LogP contribution in [0.2, 0.25) is 0 Å². The molecular weight excluding hydrogens is 302 g/mol. The molecule has 1 unspecified atom stereocenters. The van der Waals surface area contributed by atoms with Gasteiger partial charge in [-0.1, -0.05) is 0 Å². The number of carboxylic acid groups (broad SMARTS) is 1. The summed E-state index contributed by atoms with van der Waals surface area (Å²) >= 11 is 0. The fourth-order valence-corrected chi connectivity index (χ4v) is 2.34. The van der Waals surface area contributed by atoms with Gasteiger partial charge in [-0.25, -0.2) is 4.79 Å². The predicted molar refractivity (Wildman–Crippen MR) is 69.6 cm³/mol. The Morgan fingerprint density at radius 3 is 2.45 bits per heavy atom. The normalized spacial score (nSPS) is 34.7. The van der Waals surface area contributed by atoms with Crippen molar-refractivity contribution in [3.05, 3.63) is 0 Å². The van der Waals surface area contributed by atoms with Crippen LogP contribution in [0.3, 0.4) is 0 Å². The molecule has 6 N–H and O–H groups in total. The zero-order chi connectivity index (χ0) is 17.1. The summed E-state index contributed by atoms with van der Waals surface area (Å²) in [6, 6.07) is -1.03. The summed E-state index contributed by atoms with van der Waals surface area (Å²) in [5.74, 6) is -4.87. The molecule has 1 fully saturated rings. The number of ether oxygens (including phenoxy) is 2. The van der Waals surface area contributed by atoms with E-state index in [0.717, 1.165) is 0 Å². The number of hydrogen-bond donors (Lipinski definition) is 6. The fourth-order valence-electron chi connectivity index (χ4n) is 2.34. The highest BCUT2D eigenvalue weighted by Crippen LogP contribution is 2.31. The topological polar surface area (TPSA) is 166 Å². The van der Waals surface area contributed by atoms with Crippen molar-refractivity contribution >= 4 is 11.9 Å². The van der Waals surface area contributed by atoms with Crippen LogP contribution in [0.4, 0.5) is 0 Å². The van der Waals surface area contributed by atoms with Gasteiger partial charge in [0.2, 0.25) is 5.91 Å². The number of carboxylic acids is 1. The van der Waals surface area contributed by atoms with Crippen LogP contribution in [0, 0.1) is 0 Å². The molecule has 0 spiro atoms. The van der Waals surface area contributed by atoms with Crippen LogP contribution in [0.15, 0.2) is 0 Å². The summed E-state index contributed by atoms with van der Waals surface area (Å²) in [5.41, 5.74) is 0. The number of carbonyl (C=O) groups excluding carboxylic acids is 1. The van der Waals surface area contributed by atoms with E-state index in [4.69, 9.17) is 19.7 Å². The van der Waals surface area contributed by atoms with E-state index in [1.54, 1.807) is 0 Å². The van der Waals surface area contributed by atoms with E-state index in [9.17, 15) is 24.9 Å². The predicted octanol–water partition coefficient (Wildman–Crippen LogP) is -3.22. The Morgan fingerprint density at radius 1 is 1.45 bits per heavy atom. The van der Waals surface area contributed by atoms with E-state index in [0.29, 0.717) is 0 Å². The third kappa shape index (κ3) is 3.91. The number of hydrogen-bond acceptors (Lipinski definition) is 8. The average molecular weight is 323 g/mol. The lowest BCUT2D eigenvalue weighted by molar-refractivity contribution is -0.297. The molecule has 1 saturated heterocycles. The minimum absolute atomic E-state index is 0.498. The van der Waals surface area contributed by atoms with Gasteiger partial charge in [0.1, 0.15) is 18.3 Å². The molecule has 10 nitrogen and oxygen atoms in total. The average Bonchev–Trinajstić information content (AvgIpc) is 2.46. The molecule has 1 aliphatic rings. The molecule has 0 bridgehead atoms. The molecule has 10 heteroatoms. The van der Waals surface area contributed by atoms with Crippen molar-refractivity contribution in [1.29, 1.82) is 0 Å². The molecule has 0 aromatic rings. The molecule has 22 heavy (non-hydrogen) atoms. The summed E-state index contributed by atoms with van der Waals surface area (Å²) in [6.45, 7) is 0.369. The molecule has 0 aromatic carbocycles. The molecule has 128 valence electrons. The molecule has 1 amide bonds. The maximum Gasteiger partial charge on any atom is 0.364 e. The van der Waals surface area contributed by atoms with Gasteiger partial charge in [-0.3, -0.25) is 4.79 Å². The lowest BCUT2D eigenvalue weighted by Crippen LogP contribution is -2.67. The lowest BCUT2D eigenvalue weighted by Gasteiger charge is -2.45. The standard InChI is InChI=1S/C12H21NO9/c1-5(15)13-8-7(21-2)3-12(20,11(18)19)22-10(8)9(17)6(16)4-14/h6-10,14,16-17,20H,3-4H2,1-2H3,(H,13,15)(H,18,19)/t6-,7+,8-,9-,10-,12?/m1/s1. The van der Waals surface area contributed by atoms with Gasteiger partial charge in [0, 0.05) is 20.5 Å². The number of nitrogens with one attached hydrogen (secondary N) is 1. The van der Waals surface area contributed by atoms with E-state index < -0.39 is 61.1 Å². The van der Waals surface area contributed by atoms with E-state index in [-0.39, 0.29) is 0 Å². The number of carbonyl (C=O) groups is 2. The molecule has 1 heterocycles. The van der Waals surface area contributed by atoms with Gasteiger partial charge in [0.15, 0.2) is 0 Å². The summed E-state index contributed by atoms with van der Waals surface area (Å²) in [7, 11) is 1.24. The SMILES string of the molecule is CO[C@H]1CC(O)(C(=O)O)O[C@@H]([C@H](O)[C@H](O)CO)[C@@H]1NC(C)=O. The number of rotatable bonds is 6. The molecule has 1 aliphatic heterocycles. The molecule has 6 atom stereocenters. The maximum atomic E-state index is 11.3. The molecule has 0 saturated carbocycles.